The van der Waals surface area contributed by atoms with Crippen LogP contribution in [0.1, 0.15) is 17.5 Å². The lowest BCUT2D eigenvalue weighted by Gasteiger charge is -2.12. The van der Waals surface area contributed by atoms with Crippen LogP contribution in [0.3, 0.4) is 0 Å². The number of hydrazone groups is 1. The van der Waals surface area contributed by atoms with E-state index in [0.717, 1.165) is 16.9 Å². The molecule has 5 heteroatoms. The maximum Gasteiger partial charge on any atom is 0.253 e. The molecule has 0 radical (unpaired) electrons. The molecule has 0 N–H and O–H groups in total. The van der Waals surface area contributed by atoms with Gasteiger partial charge in [0, 0.05) is 0 Å². The van der Waals surface area contributed by atoms with Gasteiger partial charge in [-0.1, -0.05) is 42.5 Å². The van der Waals surface area contributed by atoms with Crippen molar-refractivity contribution in [2.75, 3.05) is 5.01 Å². The van der Waals surface area contributed by atoms with Gasteiger partial charge < -0.3 is 4.74 Å². The molecular formula is C22H17FN2O2. The second-order valence-electron chi connectivity index (χ2n) is 6.20. The van der Waals surface area contributed by atoms with Crippen molar-refractivity contribution in [3.05, 3.63) is 95.8 Å². The number of carbonyl (C=O) groups excluding carboxylic acids is 1. The van der Waals surface area contributed by atoms with E-state index in [1.54, 1.807) is 24.3 Å². The van der Waals surface area contributed by atoms with Crippen molar-refractivity contribution < 1.29 is 13.9 Å². The first-order chi connectivity index (χ1) is 13.2. The number of halogens is 1. The van der Waals surface area contributed by atoms with Crippen LogP contribution in [-0.4, -0.2) is 11.6 Å². The molecule has 0 saturated carbocycles. The molecule has 1 aliphatic heterocycles. The van der Waals surface area contributed by atoms with Crippen LogP contribution in [0.4, 0.5) is 10.1 Å². The molecule has 4 rings (SSSR count). The number of ether oxygens (including phenoxy) is 1. The van der Waals surface area contributed by atoms with Crippen LogP contribution < -0.4 is 9.75 Å². The van der Waals surface area contributed by atoms with Crippen molar-refractivity contribution in [3.8, 4) is 5.75 Å². The molecular weight excluding hydrogens is 343 g/mol. The second-order valence-corrected chi connectivity index (χ2v) is 6.20. The molecule has 0 saturated heterocycles. The normalized spacial score (nSPS) is 13.6. The quantitative estimate of drug-likeness (QED) is 0.670. The van der Waals surface area contributed by atoms with E-state index >= 15 is 0 Å². The van der Waals surface area contributed by atoms with Gasteiger partial charge in [-0.2, -0.15) is 5.10 Å². The third-order valence-electron chi connectivity index (χ3n) is 4.28. The van der Waals surface area contributed by atoms with Crippen LogP contribution in [0, 0.1) is 5.82 Å². The summed E-state index contributed by atoms with van der Waals surface area (Å²) in [7, 11) is 0. The maximum atomic E-state index is 13.1. The largest absolute Gasteiger partial charge is 0.489 e. The van der Waals surface area contributed by atoms with Gasteiger partial charge in [0.15, 0.2) is 0 Å². The Morgan fingerprint density at radius 3 is 2.33 bits per heavy atom. The van der Waals surface area contributed by atoms with Crippen LogP contribution in [0.2, 0.25) is 0 Å². The fourth-order valence-electron chi connectivity index (χ4n) is 2.86. The summed E-state index contributed by atoms with van der Waals surface area (Å²) in [4.78, 5) is 12.3. The standard InChI is InChI=1S/C22H17FN2O2/c23-18-8-6-17(7-9-18)21-14-22(26)25(24-21)19-10-12-20(13-11-19)27-15-16-4-2-1-3-5-16/h1-13H,14-15H2. The smallest absolute Gasteiger partial charge is 0.253 e. The third kappa shape index (κ3) is 3.87. The van der Waals surface area contributed by atoms with Crippen LogP contribution in [-0.2, 0) is 11.4 Å². The maximum absolute atomic E-state index is 13.1. The minimum absolute atomic E-state index is 0.118. The zero-order valence-corrected chi connectivity index (χ0v) is 14.5. The highest BCUT2D eigenvalue weighted by atomic mass is 19.1. The van der Waals surface area contributed by atoms with Crippen LogP contribution >= 0.6 is 0 Å². The number of nitrogens with zero attached hydrogens (tertiary/aromatic N) is 2. The summed E-state index contributed by atoms with van der Waals surface area (Å²) in [5, 5.41) is 5.77. The Labute approximate surface area is 156 Å². The van der Waals surface area contributed by atoms with E-state index in [4.69, 9.17) is 4.74 Å². The number of anilines is 1. The highest BCUT2D eigenvalue weighted by molar-refractivity contribution is 6.19. The summed E-state index contributed by atoms with van der Waals surface area (Å²) in [6, 6.07) is 23.1. The Balaban J connectivity index is 1.46. The van der Waals surface area contributed by atoms with Crippen molar-refractivity contribution in [2.45, 2.75) is 13.0 Å². The lowest BCUT2D eigenvalue weighted by atomic mass is 10.1. The van der Waals surface area contributed by atoms with E-state index in [1.165, 1.54) is 17.1 Å². The minimum Gasteiger partial charge on any atom is -0.489 e. The summed E-state index contributed by atoms with van der Waals surface area (Å²) in [6.45, 7) is 0.482. The van der Waals surface area contributed by atoms with Crippen molar-refractivity contribution in [2.24, 2.45) is 5.10 Å². The Hall–Kier alpha value is -3.47. The van der Waals surface area contributed by atoms with E-state index in [2.05, 4.69) is 5.10 Å². The second kappa shape index (κ2) is 7.41. The van der Waals surface area contributed by atoms with Gasteiger partial charge in [-0.05, 0) is 47.5 Å². The molecule has 0 bridgehead atoms. The first kappa shape index (κ1) is 17.0. The van der Waals surface area contributed by atoms with Gasteiger partial charge in [0.05, 0.1) is 17.8 Å². The molecule has 0 spiro atoms. The van der Waals surface area contributed by atoms with E-state index in [9.17, 15) is 9.18 Å². The molecule has 4 nitrogen and oxygen atoms in total. The number of amides is 1. The molecule has 3 aromatic rings. The number of rotatable bonds is 5. The van der Waals surface area contributed by atoms with Crippen molar-refractivity contribution in [3.63, 3.8) is 0 Å². The van der Waals surface area contributed by atoms with Gasteiger partial charge in [0.25, 0.3) is 5.91 Å². The number of carbonyl (C=O) groups is 1. The lowest BCUT2D eigenvalue weighted by molar-refractivity contribution is -0.116. The Morgan fingerprint density at radius 2 is 1.63 bits per heavy atom. The summed E-state index contributed by atoms with van der Waals surface area (Å²) in [6.07, 6.45) is 0.192. The third-order valence-corrected chi connectivity index (χ3v) is 4.28. The first-order valence-electron chi connectivity index (χ1n) is 8.62. The van der Waals surface area contributed by atoms with Crippen molar-refractivity contribution in [1.82, 2.24) is 0 Å². The fourth-order valence-corrected chi connectivity index (χ4v) is 2.86. The Kier molecular flexibility index (Phi) is 4.66. The molecule has 0 unspecified atom stereocenters. The predicted molar refractivity (Wildman–Crippen MR) is 102 cm³/mol. The average Bonchev–Trinajstić information content (AvgIpc) is 3.10. The SMILES string of the molecule is O=C1CC(c2ccc(F)cc2)=NN1c1ccc(OCc2ccccc2)cc1. The molecule has 3 aromatic carbocycles. The van der Waals surface area contributed by atoms with E-state index in [-0.39, 0.29) is 18.1 Å². The predicted octanol–water partition coefficient (Wildman–Crippen LogP) is 4.55. The number of benzene rings is 3. The Bertz CT molecular complexity index is 967. The number of hydrogen-bond acceptors (Lipinski definition) is 3. The first-order valence-corrected chi connectivity index (χ1v) is 8.62. The van der Waals surface area contributed by atoms with E-state index in [1.807, 2.05) is 42.5 Å². The average molecular weight is 360 g/mol. The van der Waals surface area contributed by atoms with Gasteiger partial charge in [-0.3, -0.25) is 4.79 Å². The van der Waals surface area contributed by atoms with Crippen molar-refractivity contribution in [1.29, 1.82) is 0 Å². The summed E-state index contributed by atoms with van der Waals surface area (Å²) >= 11 is 0. The molecule has 0 aromatic heterocycles. The topological polar surface area (TPSA) is 41.9 Å². The van der Waals surface area contributed by atoms with Crippen LogP contribution in [0.5, 0.6) is 5.75 Å². The van der Waals surface area contributed by atoms with Gasteiger partial charge in [-0.15, -0.1) is 0 Å². The minimum atomic E-state index is -0.313. The zero-order chi connectivity index (χ0) is 18.6. The van der Waals surface area contributed by atoms with Crippen molar-refractivity contribution >= 4 is 17.3 Å². The highest BCUT2D eigenvalue weighted by Gasteiger charge is 2.26. The molecule has 27 heavy (non-hydrogen) atoms. The molecule has 0 fully saturated rings. The molecule has 1 heterocycles. The lowest BCUT2D eigenvalue weighted by Crippen LogP contribution is -2.19. The molecule has 0 aliphatic carbocycles. The van der Waals surface area contributed by atoms with E-state index < -0.39 is 0 Å². The zero-order valence-electron chi connectivity index (χ0n) is 14.5. The van der Waals surface area contributed by atoms with Gasteiger partial charge in [0.1, 0.15) is 18.2 Å². The van der Waals surface area contributed by atoms with E-state index in [0.29, 0.717) is 18.0 Å². The monoisotopic (exact) mass is 360 g/mol. The molecule has 134 valence electrons. The van der Waals surface area contributed by atoms with Gasteiger partial charge in [-0.25, -0.2) is 9.40 Å². The van der Waals surface area contributed by atoms with Gasteiger partial charge in [0.2, 0.25) is 0 Å². The van der Waals surface area contributed by atoms with Gasteiger partial charge >= 0.3 is 0 Å². The highest BCUT2D eigenvalue weighted by Crippen LogP contribution is 2.25. The van der Waals surface area contributed by atoms with Crippen LogP contribution in [0.25, 0.3) is 0 Å². The molecule has 0 atom stereocenters. The molecule has 1 aliphatic rings. The number of hydrogen-bond donors (Lipinski definition) is 0. The summed E-state index contributed by atoms with van der Waals surface area (Å²) < 4.78 is 18.8. The fraction of sp³-hybridized carbons (Fsp3) is 0.0909. The summed E-state index contributed by atoms with van der Waals surface area (Å²) in [5.41, 5.74) is 3.13. The summed E-state index contributed by atoms with van der Waals surface area (Å²) in [5.74, 6) is 0.288. The molecule has 1 amide bonds. The Morgan fingerprint density at radius 1 is 0.926 bits per heavy atom. The van der Waals surface area contributed by atoms with Crippen LogP contribution in [0.15, 0.2) is 84.0 Å².